The standard InChI is InChI=1S/C17H19N3OS/c1-3-15(13-7-5-4-6-8-13)20-10-9-16(21)19-17(20)14-11-22-12(2)18-14/h4-11,15,17H,3H2,1-2H3,(H,19,21)/t15-,17?/m0/s1. The highest BCUT2D eigenvalue weighted by molar-refractivity contribution is 7.09. The van der Waals surface area contributed by atoms with Crippen LogP contribution in [0.15, 0.2) is 48.0 Å². The van der Waals surface area contributed by atoms with Crippen molar-refractivity contribution in [2.75, 3.05) is 0 Å². The van der Waals surface area contributed by atoms with Crippen LogP contribution in [0.5, 0.6) is 0 Å². The first-order valence-corrected chi connectivity index (χ1v) is 8.30. The Labute approximate surface area is 134 Å². The van der Waals surface area contributed by atoms with Crippen molar-refractivity contribution in [3.8, 4) is 0 Å². The molecule has 0 saturated heterocycles. The molecule has 2 atom stereocenters. The molecular weight excluding hydrogens is 294 g/mol. The molecule has 1 aromatic carbocycles. The molecule has 22 heavy (non-hydrogen) atoms. The second kappa shape index (κ2) is 6.32. The molecule has 2 heterocycles. The summed E-state index contributed by atoms with van der Waals surface area (Å²) in [7, 11) is 0. The molecule has 0 aliphatic carbocycles. The van der Waals surface area contributed by atoms with Gasteiger partial charge in [-0.05, 0) is 18.9 Å². The van der Waals surface area contributed by atoms with Gasteiger partial charge in [-0.1, -0.05) is 37.3 Å². The molecule has 1 unspecified atom stereocenters. The lowest BCUT2D eigenvalue weighted by atomic mass is 10.0. The maximum atomic E-state index is 11.8. The van der Waals surface area contributed by atoms with Crippen LogP contribution < -0.4 is 5.32 Å². The summed E-state index contributed by atoms with van der Waals surface area (Å²) < 4.78 is 0. The molecule has 0 bridgehead atoms. The van der Waals surface area contributed by atoms with Gasteiger partial charge < -0.3 is 10.2 Å². The zero-order chi connectivity index (χ0) is 15.5. The number of benzene rings is 1. The highest BCUT2D eigenvalue weighted by Crippen LogP contribution is 2.33. The third-order valence-corrected chi connectivity index (χ3v) is 4.61. The first kappa shape index (κ1) is 14.8. The zero-order valence-electron chi connectivity index (χ0n) is 12.7. The van der Waals surface area contributed by atoms with E-state index >= 15 is 0 Å². The summed E-state index contributed by atoms with van der Waals surface area (Å²) in [6, 6.07) is 10.6. The molecule has 0 fully saturated rings. The van der Waals surface area contributed by atoms with Crippen LogP contribution in [-0.2, 0) is 4.79 Å². The van der Waals surface area contributed by atoms with Gasteiger partial charge in [0, 0.05) is 17.7 Å². The van der Waals surface area contributed by atoms with Gasteiger partial charge in [0.25, 0.3) is 0 Å². The van der Waals surface area contributed by atoms with Crippen LogP contribution in [0.25, 0.3) is 0 Å². The van der Waals surface area contributed by atoms with Gasteiger partial charge in [0.2, 0.25) is 5.91 Å². The number of aromatic nitrogens is 1. The van der Waals surface area contributed by atoms with Crippen molar-refractivity contribution >= 4 is 17.2 Å². The maximum Gasteiger partial charge on any atom is 0.247 e. The summed E-state index contributed by atoms with van der Waals surface area (Å²) in [6.45, 7) is 4.14. The van der Waals surface area contributed by atoms with Crippen molar-refractivity contribution in [2.24, 2.45) is 0 Å². The van der Waals surface area contributed by atoms with E-state index in [0.717, 1.165) is 17.1 Å². The van der Waals surface area contributed by atoms with Crippen LogP contribution in [0, 0.1) is 6.92 Å². The third-order valence-electron chi connectivity index (χ3n) is 3.82. The molecule has 1 aromatic heterocycles. The van der Waals surface area contributed by atoms with Crippen molar-refractivity contribution in [1.29, 1.82) is 0 Å². The molecular formula is C17H19N3OS. The lowest BCUT2D eigenvalue weighted by Gasteiger charge is -2.38. The smallest absolute Gasteiger partial charge is 0.247 e. The number of aryl methyl sites for hydroxylation is 1. The van der Waals surface area contributed by atoms with E-state index < -0.39 is 0 Å². The largest absolute Gasteiger partial charge is 0.345 e. The fourth-order valence-electron chi connectivity index (χ4n) is 2.81. The SMILES string of the molecule is CC[C@@H](c1ccccc1)N1C=CC(=O)NC1c1csc(C)n1. The molecule has 1 aliphatic heterocycles. The number of rotatable bonds is 4. The summed E-state index contributed by atoms with van der Waals surface area (Å²) >= 11 is 1.60. The highest BCUT2D eigenvalue weighted by Gasteiger charge is 2.30. The Balaban J connectivity index is 1.97. The van der Waals surface area contributed by atoms with E-state index in [4.69, 9.17) is 0 Å². The summed E-state index contributed by atoms with van der Waals surface area (Å²) in [5.41, 5.74) is 2.14. The second-order valence-electron chi connectivity index (χ2n) is 5.30. The molecule has 5 heteroatoms. The zero-order valence-corrected chi connectivity index (χ0v) is 13.5. The van der Waals surface area contributed by atoms with Gasteiger partial charge in [0.1, 0.15) is 6.17 Å². The van der Waals surface area contributed by atoms with Crippen molar-refractivity contribution in [3.63, 3.8) is 0 Å². The van der Waals surface area contributed by atoms with Crippen LogP contribution in [0.1, 0.15) is 41.8 Å². The molecule has 114 valence electrons. The lowest BCUT2D eigenvalue weighted by Crippen LogP contribution is -2.43. The molecule has 0 radical (unpaired) electrons. The average molecular weight is 313 g/mol. The molecule has 0 spiro atoms. The molecule has 2 aromatic rings. The predicted octanol–water partition coefficient (Wildman–Crippen LogP) is 3.55. The molecule has 1 N–H and O–H groups in total. The number of nitrogens with zero attached hydrogens (tertiary/aromatic N) is 2. The molecule has 0 saturated carbocycles. The Morgan fingerprint density at radius 1 is 1.36 bits per heavy atom. The van der Waals surface area contributed by atoms with Crippen LogP contribution in [0.3, 0.4) is 0 Å². The van der Waals surface area contributed by atoms with Crippen LogP contribution in [-0.4, -0.2) is 15.8 Å². The third kappa shape index (κ3) is 2.90. The van der Waals surface area contributed by atoms with Crippen molar-refractivity contribution in [1.82, 2.24) is 15.2 Å². The molecule has 4 nitrogen and oxygen atoms in total. The number of nitrogens with one attached hydrogen (secondary N) is 1. The van der Waals surface area contributed by atoms with Crippen LogP contribution in [0.4, 0.5) is 0 Å². The van der Waals surface area contributed by atoms with Gasteiger partial charge in [-0.25, -0.2) is 4.98 Å². The molecule has 1 aliphatic rings. The molecule has 3 rings (SSSR count). The summed E-state index contributed by atoms with van der Waals surface area (Å²) in [5, 5.41) is 6.05. The summed E-state index contributed by atoms with van der Waals surface area (Å²) in [5.74, 6) is -0.0742. The van der Waals surface area contributed by atoms with Crippen LogP contribution >= 0.6 is 11.3 Å². The quantitative estimate of drug-likeness (QED) is 0.939. The minimum atomic E-state index is -0.215. The number of hydrogen-bond donors (Lipinski definition) is 1. The number of amides is 1. The van der Waals surface area contributed by atoms with Gasteiger partial charge >= 0.3 is 0 Å². The van der Waals surface area contributed by atoms with Crippen molar-refractivity contribution < 1.29 is 4.79 Å². The van der Waals surface area contributed by atoms with E-state index in [1.807, 2.05) is 36.7 Å². The number of carbonyl (C=O) groups excluding carboxylic acids is 1. The maximum absolute atomic E-state index is 11.8. The van der Waals surface area contributed by atoms with E-state index in [0.29, 0.717) is 0 Å². The number of thiazole rings is 1. The number of hydrogen-bond acceptors (Lipinski definition) is 4. The fraction of sp³-hybridized carbons (Fsp3) is 0.294. The first-order valence-electron chi connectivity index (χ1n) is 7.42. The second-order valence-corrected chi connectivity index (χ2v) is 6.36. The Hall–Kier alpha value is -2.14. The Bertz CT molecular complexity index is 680. The Morgan fingerprint density at radius 2 is 2.14 bits per heavy atom. The highest BCUT2D eigenvalue weighted by atomic mass is 32.1. The topological polar surface area (TPSA) is 45.2 Å². The first-order chi connectivity index (χ1) is 10.7. The van der Waals surface area contributed by atoms with E-state index in [1.165, 1.54) is 5.56 Å². The normalized spacial score (nSPS) is 19.1. The monoisotopic (exact) mass is 313 g/mol. The Kier molecular flexibility index (Phi) is 4.24. The van der Waals surface area contributed by atoms with Gasteiger partial charge in [-0.15, -0.1) is 11.3 Å². The minimum Gasteiger partial charge on any atom is -0.345 e. The van der Waals surface area contributed by atoms with Gasteiger partial charge in [0.05, 0.1) is 16.7 Å². The predicted molar refractivity (Wildman–Crippen MR) is 88.2 cm³/mol. The Morgan fingerprint density at radius 3 is 2.77 bits per heavy atom. The van der Waals surface area contributed by atoms with Crippen molar-refractivity contribution in [2.45, 2.75) is 32.5 Å². The van der Waals surface area contributed by atoms with E-state index in [2.05, 4.69) is 34.3 Å². The van der Waals surface area contributed by atoms with Gasteiger partial charge in [-0.2, -0.15) is 0 Å². The summed E-state index contributed by atoms with van der Waals surface area (Å²) in [6.07, 6.45) is 4.21. The number of carbonyl (C=O) groups is 1. The lowest BCUT2D eigenvalue weighted by molar-refractivity contribution is -0.119. The van der Waals surface area contributed by atoms with E-state index in [1.54, 1.807) is 17.4 Å². The minimum absolute atomic E-state index is 0.0742. The average Bonchev–Trinajstić information content (AvgIpc) is 2.97. The van der Waals surface area contributed by atoms with Gasteiger partial charge in [0.15, 0.2) is 0 Å². The summed E-state index contributed by atoms with van der Waals surface area (Å²) in [4.78, 5) is 18.5. The van der Waals surface area contributed by atoms with Gasteiger partial charge in [-0.3, -0.25) is 4.79 Å². The fourth-order valence-corrected chi connectivity index (χ4v) is 3.44. The molecule has 1 amide bonds. The van der Waals surface area contributed by atoms with E-state index in [-0.39, 0.29) is 18.1 Å². The van der Waals surface area contributed by atoms with E-state index in [9.17, 15) is 4.79 Å². The van der Waals surface area contributed by atoms with Crippen LogP contribution in [0.2, 0.25) is 0 Å². The van der Waals surface area contributed by atoms with Crippen molar-refractivity contribution in [3.05, 3.63) is 64.3 Å².